The summed E-state index contributed by atoms with van der Waals surface area (Å²) in [5.74, 6) is -0.377. The SMILES string of the molecule is CC1(C)CC(=O)c2c(O)cc(=O)n(-c3cccc(Cl)c3)c2C1. The van der Waals surface area contributed by atoms with Crippen LogP contribution in [0.2, 0.25) is 5.02 Å². The number of fused-ring (bicyclic) bond motifs is 1. The molecule has 0 aliphatic heterocycles. The molecule has 0 radical (unpaired) electrons. The summed E-state index contributed by atoms with van der Waals surface area (Å²) < 4.78 is 1.47. The Labute approximate surface area is 133 Å². The highest BCUT2D eigenvalue weighted by Crippen LogP contribution is 2.38. The lowest BCUT2D eigenvalue weighted by Gasteiger charge is -2.32. The number of rotatable bonds is 1. The lowest BCUT2D eigenvalue weighted by molar-refractivity contribution is 0.0905. The Hall–Kier alpha value is -2.07. The van der Waals surface area contributed by atoms with Crippen molar-refractivity contribution < 1.29 is 9.90 Å². The summed E-state index contributed by atoms with van der Waals surface area (Å²) in [5, 5.41) is 10.6. The molecule has 4 nitrogen and oxygen atoms in total. The fourth-order valence-corrected chi connectivity index (χ4v) is 3.24. The highest BCUT2D eigenvalue weighted by atomic mass is 35.5. The number of ketones is 1. The molecule has 0 amide bonds. The summed E-state index contributed by atoms with van der Waals surface area (Å²) in [7, 11) is 0. The molecule has 22 heavy (non-hydrogen) atoms. The van der Waals surface area contributed by atoms with E-state index in [1.54, 1.807) is 24.3 Å². The predicted octanol–water partition coefficient (Wildman–Crippen LogP) is 3.35. The average Bonchev–Trinajstić information content (AvgIpc) is 2.35. The molecule has 0 atom stereocenters. The van der Waals surface area contributed by atoms with Crippen LogP contribution in [0.5, 0.6) is 5.75 Å². The minimum Gasteiger partial charge on any atom is -0.507 e. The van der Waals surface area contributed by atoms with Crippen molar-refractivity contribution in [2.24, 2.45) is 5.41 Å². The van der Waals surface area contributed by atoms with Gasteiger partial charge in [0.15, 0.2) is 5.78 Å². The molecule has 3 rings (SSSR count). The Balaban J connectivity index is 2.35. The first-order valence-electron chi connectivity index (χ1n) is 7.05. The van der Waals surface area contributed by atoms with Gasteiger partial charge in [-0.25, -0.2) is 0 Å². The standard InChI is InChI=1S/C17H16ClNO3/c1-17(2)8-12-16(14(21)9-17)13(20)7-15(22)19(12)11-5-3-4-10(18)6-11/h3-7,20H,8-9H2,1-2H3. The first-order chi connectivity index (χ1) is 10.3. The van der Waals surface area contributed by atoms with Gasteiger partial charge in [0, 0.05) is 23.2 Å². The smallest absolute Gasteiger partial charge is 0.259 e. The molecule has 1 aliphatic rings. The van der Waals surface area contributed by atoms with Crippen molar-refractivity contribution in [2.45, 2.75) is 26.7 Å². The number of aromatic hydroxyl groups is 1. The van der Waals surface area contributed by atoms with Gasteiger partial charge in [0.1, 0.15) is 5.75 Å². The number of halogens is 1. The fourth-order valence-electron chi connectivity index (χ4n) is 3.05. The van der Waals surface area contributed by atoms with Gasteiger partial charge in [0.25, 0.3) is 5.56 Å². The molecule has 0 saturated carbocycles. The van der Waals surface area contributed by atoms with Crippen LogP contribution in [-0.2, 0) is 6.42 Å². The summed E-state index contributed by atoms with van der Waals surface area (Å²) >= 11 is 6.01. The molecule has 0 saturated heterocycles. The van der Waals surface area contributed by atoms with E-state index in [0.717, 1.165) is 6.07 Å². The number of benzene rings is 1. The number of carbonyl (C=O) groups excluding carboxylic acids is 1. The summed E-state index contributed by atoms with van der Waals surface area (Å²) in [6, 6.07) is 8.00. The molecule has 5 heteroatoms. The van der Waals surface area contributed by atoms with Crippen molar-refractivity contribution in [1.29, 1.82) is 0 Å². The van der Waals surface area contributed by atoms with Crippen LogP contribution >= 0.6 is 11.6 Å². The summed E-state index contributed by atoms with van der Waals surface area (Å²) in [6.07, 6.45) is 0.880. The zero-order valence-corrected chi connectivity index (χ0v) is 13.1. The first-order valence-corrected chi connectivity index (χ1v) is 7.43. The second kappa shape index (κ2) is 4.99. The van der Waals surface area contributed by atoms with Crippen LogP contribution in [-0.4, -0.2) is 15.5 Å². The van der Waals surface area contributed by atoms with E-state index in [1.165, 1.54) is 4.57 Å². The van der Waals surface area contributed by atoms with Gasteiger partial charge in [0.2, 0.25) is 0 Å². The Bertz CT molecular complexity index is 836. The zero-order chi connectivity index (χ0) is 16.1. The maximum Gasteiger partial charge on any atom is 0.259 e. The topological polar surface area (TPSA) is 59.3 Å². The van der Waals surface area contributed by atoms with Crippen molar-refractivity contribution in [2.75, 3.05) is 0 Å². The summed E-state index contributed by atoms with van der Waals surface area (Å²) in [4.78, 5) is 24.8. The monoisotopic (exact) mass is 317 g/mol. The van der Waals surface area contributed by atoms with Gasteiger partial charge >= 0.3 is 0 Å². The van der Waals surface area contributed by atoms with Crippen LogP contribution in [0.15, 0.2) is 35.1 Å². The van der Waals surface area contributed by atoms with Gasteiger partial charge < -0.3 is 5.11 Å². The minimum absolute atomic E-state index is 0.139. The predicted molar refractivity (Wildman–Crippen MR) is 85.1 cm³/mol. The number of nitrogens with zero attached hydrogens (tertiary/aromatic N) is 1. The van der Waals surface area contributed by atoms with E-state index in [1.807, 2.05) is 13.8 Å². The Morgan fingerprint density at radius 2 is 1.91 bits per heavy atom. The number of Topliss-reactive ketones (excluding diaryl/α,β-unsaturated/α-hetero) is 1. The van der Waals surface area contributed by atoms with Gasteiger partial charge in [-0.2, -0.15) is 0 Å². The third-order valence-corrected chi connectivity index (χ3v) is 4.16. The fraction of sp³-hybridized carbons (Fsp3) is 0.294. The van der Waals surface area contributed by atoms with Crippen LogP contribution in [0.1, 0.15) is 36.3 Å². The maximum atomic E-state index is 12.4. The molecule has 0 fully saturated rings. The molecule has 0 unspecified atom stereocenters. The molecule has 1 aromatic heterocycles. The van der Waals surface area contributed by atoms with Crippen LogP contribution < -0.4 is 5.56 Å². The van der Waals surface area contributed by atoms with Crippen LogP contribution in [0, 0.1) is 5.41 Å². The molecule has 0 bridgehead atoms. The van der Waals surface area contributed by atoms with E-state index in [4.69, 9.17) is 11.6 Å². The van der Waals surface area contributed by atoms with Crippen LogP contribution in [0.25, 0.3) is 5.69 Å². The normalized spacial score (nSPS) is 16.4. The molecule has 114 valence electrons. The van der Waals surface area contributed by atoms with Crippen molar-refractivity contribution >= 4 is 17.4 Å². The van der Waals surface area contributed by atoms with Crippen LogP contribution in [0.3, 0.4) is 0 Å². The lowest BCUT2D eigenvalue weighted by Crippen LogP contribution is -2.34. The molecular weight excluding hydrogens is 302 g/mol. The third kappa shape index (κ3) is 2.44. The molecule has 1 heterocycles. The van der Waals surface area contributed by atoms with Crippen molar-refractivity contribution in [3.63, 3.8) is 0 Å². The Morgan fingerprint density at radius 1 is 1.18 bits per heavy atom. The number of pyridine rings is 1. The molecule has 1 N–H and O–H groups in total. The minimum atomic E-state index is -0.371. The van der Waals surface area contributed by atoms with E-state index in [0.29, 0.717) is 29.2 Å². The number of hydrogen-bond donors (Lipinski definition) is 1. The number of aromatic nitrogens is 1. The second-order valence-corrected chi connectivity index (χ2v) is 6.88. The first kappa shape index (κ1) is 14.9. The average molecular weight is 318 g/mol. The van der Waals surface area contributed by atoms with Crippen molar-refractivity contribution in [3.8, 4) is 11.4 Å². The molecular formula is C17H16ClNO3. The summed E-state index contributed by atoms with van der Waals surface area (Å²) in [5.41, 5.74) is 0.764. The molecule has 2 aromatic rings. The van der Waals surface area contributed by atoms with E-state index in [9.17, 15) is 14.7 Å². The van der Waals surface area contributed by atoms with Gasteiger partial charge in [0.05, 0.1) is 11.3 Å². The Kier molecular flexibility index (Phi) is 3.37. The van der Waals surface area contributed by atoms with Crippen molar-refractivity contribution in [1.82, 2.24) is 4.57 Å². The van der Waals surface area contributed by atoms with Crippen molar-refractivity contribution in [3.05, 3.63) is 57.0 Å². The summed E-state index contributed by atoms with van der Waals surface area (Å²) in [6.45, 7) is 3.95. The van der Waals surface area contributed by atoms with Gasteiger partial charge in [-0.1, -0.05) is 31.5 Å². The largest absolute Gasteiger partial charge is 0.507 e. The number of hydrogen-bond acceptors (Lipinski definition) is 3. The van der Waals surface area contributed by atoms with E-state index in [2.05, 4.69) is 0 Å². The van der Waals surface area contributed by atoms with Gasteiger partial charge in [-0.15, -0.1) is 0 Å². The highest BCUT2D eigenvalue weighted by Gasteiger charge is 2.35. The second-order valence-electron chi connectivity index (χ2n) is 6.45. The van der Waals surface area contributed by atoms with Gasteiger partial charge in [-0.05, 0) is 30.0 Å². The maximum absolute atomic E-state index is 12.4. The van der Waals surface area contributed by atoms with Crippen LogP contribution in [0.4, 0.5) is 0 Å². The third-order valence-electron chi connectivity index (χ3n) is 3.93. The van der Waals surface area contributed by atoms with Gasteiger partial charge in [-0.3, -0.25) is 14.2 Å². The quantitative estimate of drug-likeness (QED) is 0.877. The zero-order valence-electron chi connectivity index (χ0n) is 12.4. The highest BCUT2D eigenvalue weighted by molar-refractivity contribution is 6.30. The van der Waals surface area contributed by atoms with E-state index < -0.39 is 0 Å². The molecule has 1 aliphatic carbocycles. The lowest BCUT2D eigenvalue weighted by atomic mass is 9.75. The number of carbonyl (C=O) groups is 1. The van der Waals surface area contributed by atoms with E-state index >= 15 is 0 Å². The molecule has 1 aromatic carbocycles. The van der Waals surface area contributed by atoms with E-state index in [-0.39, 0.29) is 28.1 Å². The Morgan fingerprint density at radius 3 is 2.59 bits per heavy atom. The molecule has 0 spiro atoms.